The molecule has 2 rings (SSSR count). The summed E-state index contributed by atoms with van der Waals surface area (Å²) >= 11 is 0. The highest BCUT2D eigenvalue weighted by Gasteiger charge is 2.36. The summed E-state index contributed by atoms with van der Waals surface area (Å²) in [6.07, 6.45) is 4.51. The van der Waals surface area contributed by atoms with Crippen molar-refractivity contribution in [1.29, 1.82) is 0 Å². The van der Waals surface area contributed by atoms with Crippen LogP contribution in [0.25, 0.3) is 0 Å². The Kier molecular flexibility index (Phi) is 4.18. The zero-order chi connectivity index (χ0) is 11.4. The lowest BCUT2D eigenvalue weighted by atomic mass is 9.99. The topological polar surface area (TPSA) is 47.6 Å². The van der Waals surface area contributed by atoms with Crippen molar-refractivity contribution in [2.75, 3.05) is 26.9 Å². The normalized spacial score (nSPS) is 24.1. The highest BCUT2D eigenvalue weighted by Crippen LogP contribution is 2.33. The molecule has 0 amide bonds. The van der Waals surface area contributed by atoms with E-state index in [9.17, 15) is 4.79 Å². The van der Waals surface area contributed by atoms with E-state index in [0.29, 0.717) is 11.8 Å². The third-order valence-corrected chi connectivity index (χ3v) is 3.52. The molecule has 4 heteroatoms. The number of ether oxygens (including phenoxy) is 2. The Hall–Kier alpha value is -0.610. The van der Waals surface area contributed by atoms with Crippen molar-refractivity contribution in [1.82, 2.24) is 5.32 Å². The van der Waals surface area contributed by atoms with Crippen LogP contribution in [-0.4, -0.2) is 38.9 Å². The zero-order valence-electron chi connectivity index (χ0n) is 9.91. The fourth-order valence-corrected chi connectivity index (χ4v) is 2.24. The molecule has 0 spiro atoms. The minimum Gasteiger partial charge on any atom is -0.468 e. The number of methoxy groups -OCH3 is 1. The molecular weight excluding hydrogens is 206 g/mol. The summed E-state index contributed by atoms with van der Waals surface area (Å²) in [5, 5.41) is 3.37. The van der Waals surface area contributed by atoms with E-state index in [-0.39, 0.29) is 12.0 Å². The van der Waals surface area contributed by atoms with E-state index in [1.165, 1.54) is 7.11 Å². The summed E-state index contributed by atoms with van der Waals surface area (Å²) in [6.45, 7) is 2.64. The van der Waals surface area contributed by atoms with E-state index < -0.39 is 0 Å². The van der Waals surface area contributed by atoms with Gasteiger partial charge in [0.1, 0.15) is 6.04 Å². The van der Waals surface area contributed by atoms with Crippen molar-refractivity contribution < 1.29 is 14.3 Å². The lowest BCUT2D eigenvalue weighted by molar-refractivity contribution is -0.143. The fraction of sp³-hybridized carbons (Fsp3) is 0.917. The van der Waals surface area contributed by atoms with Crippen LogP contribution in [-0.2, 0) is 14.3 Å². The number of hydrogen-bond acceptors (Lipinski definition) is 4. The predicted molar refractivity (Wildman–Crippen MR) is 60.1 cm³/mol. The van der Waals surface area contributed by atoms with Crippen LogP contribution in [0.4, 0.5) is 0 Å². The molecule has 1 saturated heterocycles. The summed E-state index contributed by atoms with van der Waals surface area (Å²) in [6, 6.07) is -0.0761. The summed E-state index contributed by atoms with van der Waals surface area (Å²) in [5.74, 6) is 1.06. The Morgan fingerprint density at radius 1 is 1.38 bits per heavy atom. The largest absolute Gasteiger partial charge is 0.468 e. The van der Waals surface area contributed by atoms with Crippen molar-refractivity contribution in [3.63, 3.8) is 0 Å². The molecule has 2 fully saturated rings. The molecule has 0 aromatic rings. The first-order chi connectivity index (χ1) is 7.81. The van der Waals surface area contributed by atoms with Gasteiger partial charge in [-0.25, -0.2) is 0 Å². The van der Waals surface area contributed by atoms with Gasteiger partial charge in [0, 0.05) is 13.2 Å². The predicted octanol–water partition coefficient (Wildman–Crippen LogP) is 0.954. The SMILES string of the molecule is COC(=O)C(NCC1CCOCC1)C1CC1. The van der Waals surface area contributed by atoms with Gasteiger partial charge >= 0.3 is 5.97 Å². The minimum absolute atomic E-state index is 0.0761. The third kappa shape index (κ3) is 3.19. The Morgan fingerprint density at radius 2 is 2.06 bits per heavy atom. The van der Waals surface area contributed by atoms with Crippen molar-refractivity contribution in [2.24, 2.45) is 11.8 Å². The second-order valence-electron chi connectivity index (χ2n) is 4.80. The van der Waals surface area contributed by atoms with Gasteiger partial charge in [0.05, 0.1) is 7.11 Å². The monoisotopic (exact) mass is 227 g/mol. The van der Waals surface area contributed by atoms with Gasteiger partial charge in [-0.05, 0) is 44.1 Å². The molecule has 4 nitrogen and oxygen atoms in total. The first-order valence-electron chi connectivity index (χ1n) is 6.20. The maximum Gasteiger partial charge on any atom is 0.323 e. The van der Waals surface area contributed by atoms with Gasteiger partial charge in [-0.15, -0.1) is 0 Å². The number of carbonyl (C=O) groups excluding carboxylic acids is 1. The number of rotatable bonds is 5. The number of hydrogen-bond donors (Lipinski definition) is 1. The molecule has 0 aromatic carbocycles. The molecule has 0 bridgehead atoms. The molecule has 1 aliphatic carbocycles. The minimum atomic E-state index is -0.102. The van der Waals surface area contributed by atoms with Gasteiger partial charge in [-0.3, -0.25) is 4.79 Å². The first kappa shape index (κ1) is 11.9. The standard InChI is InChI=1S/C12H21NO3/c1-15-12(14)11(10-2-3-10)13-8-9-4-6-16-7-5-9/h9-11,13H,2-8H2,1H3. The lowest BCUT2D eigenvalue weighted by Crippen LogP contribution is -2.42. The van der Waals surface area contributed by atoms with Gasteiger partial charge in [-0.2, -0.15) is 0 Å². The molecule has 0 aromatic heterocycles. The number of esters is 1. The van der Waals surface area contributed by atoms with Crippen molar-refractivity contribution in [2.45, 2.75) is 31.7 Å². The molecule has 1 atom stereocenters. The van der Waals surface area contributed by atoms with Gasteiger partial charge in [-0.1, -0.05) is 0 Å². The number of carbonyl (C=O) groups is 1. The molecule has 1 heterocycles. The van der Waals surface area contributed by atoms with E-state index in [4.69, 9.17) is 9.47 Å². The van der Waals surface area contributed by atoms with Gasteiger partial charge in [0.25, 0.3) is 0 Å². The summed E-state index contributed by atoms with van der Waals surface area (Å²) < 4.78 is 10.1. The van der Waals surface area contributed by atoms with Crippen LogP contribution < -0.4 is 5.32 Å². The Morgan fingerprint density at radius 3 is 2.62 bits per heavy atom. The Labute approximate surface area is 96.7 Å². The van der Waals surface area contributed by atoms with Gasteiger partial charge < -0.3 is 14.8 Å². The molecule has 1 unspecified atom stereocenters. The third-order valence-electron chi connectivity index (χ3n) is 3.52. The van der Waals surface area contributed by atoms with E-state index in [1.54, 1.807) is 0 Å². The van der Waals surface area contributed by atoms with Gasteiger partial charge in [0.15, 0.2) is 0 Å². The molecular formula is C12H21NO3. The second-order valence-corrected chi connectivity index (χ2v) is 4.80. The van der Waals surface area contributed by atoms with Crippen LogP contribution in [0.3, 0.4) is 0 Å². The van der Waals surface area contributed by atoms with Crippen LogP contribution in [0.1, 0.15) is 25.7 Å². The molecule has 16 heavy (non-hydrogen) atoms. The zero-order valence-corrected chi connectivity index (χ0v) is 9.91. The molecule has 2 aliphatic rings. The fourth-order valence-electron chi connectivity index (χ4n) is 2.24. The molecule has 0 radical (unpaired) electrons. The average molecular weight is 227 g/mol. The summed E-state index contributed by atoms with van der Waals surface area (Å²) in [4.78, 5) is 11.6. The maximum atomic E-state index is 11.6. The van der Waals surface area contributed by atoms with E-state index in [2.05, 4.69) is 5.32 Å². The van der Waals surface area contributed by atoms with Crippen LogP contribution in [0, 0.1) is 11.8 Å². The number of nitrogens with one attached hydrogen (secondary N) is 1. The quantitative estimate of drug-likeness (QED) is 0.711. The molecule has 1 saturated carbocycles. The van der Waals surface area contributed by atoms with Crippen LogP contribution >= 0.6 is 0 Å². The van der Waals surface area contributed by atoms with Crippen molar-refractivity contribution in [3.05, 3.63) is 0 Å². The van der Waals surface area contributed by atoms with Crippen molar-refractivity contribution in [3.8, 4) is 0 Å². The van der Waals surface area contributed by atoms with Crippen LogP contribution in [0.5, 0.6) is 0 Å². The lowest BCUT2D eigenvalue weighted by Gasteiger charge is -2.24. The highest BCUT2D eigenvalue weighted by atomic mass is 16.5. The Bertz CT molecular complexity index is 234. The molecule has 1 N–H and O–H groups in total. The molecule has 92 valence electrons. The van der Waals surface area contributed by atoms with E-state index in [0.717, 1.165) is 45.4 Å². The van der Waals surface area contributed by atoms with Crippen LogP contribution in [0.15, 0.2) is 0 Å². The summed E-state index contributed by atoms with van der Waals surface area (Å²) in [5.41, 5.74) is 0. The smallest absolute Gasteiger partial charge is 0.323 e. The Balaban J connectivity index is 1.74. The highest BCUT2D eigenvalue weighted by molar-refractivity contribution is 5.76. The summed E-state index contributed by atoms with van der Waals surface area (Å²) in [7, 11) is 1.47. The van der Waals surface area contributed by atoms with Gasteiger partial charge in [0.2, 0.25) is 0 Å². The van der Waals surface area contributed by atoms with Crippen LogP contribution in [0.2, 0.25) is 0 Å². The second kappa shape index (κ2) is 5.64. The first-order valence-corrected chi connectivity index (χ1v) is 6.20. The molecule has 1 aliphatic heterocycles. The van der Waals surface area contributed by atoms with E-state index in [1.807, 2.05) is 0 Å². The maximum absolute atomic E-state index is 11.6. The average Bonchev–Trinajstić information content (AvgIpc) is 3.15. The van der Waals surface area contributed by atoms with Crippen molar-refractivity contribution >= 4 is 5.97 Å². The van der Waals surface area contributed by atoms with E-state index >= 15 is 0 Å².